The standard InChI is InChI=1S/C19H28N2O3/c1-14(22)21(12-17-6-5-11-24-17)13-18(23)20-16-9-7-15(8-10-16)19(2,3)4/h7-10,17H,5-6,11-13H2,1-4H3,(H,20,23). The van der Waals surface area contributed by atoms with Crippen LogP contribution in [-0.2, 0) is 19.7 Å². The number of hydrogen-bond donors (Lipinski definition) is 1. The van der Waals surface area contributed by atoms with Crippen molar-refractivity contribution in [3.63, 3.8) is 0 Å². The van der Waals surface area contributed by atoms with Gasteiger partial charge in [0, 0.05) is 25.8 Å². The molecule has 0 aromatic heterocycles. The van der Waals surface area contributed by atoms with Crippen LogP contribution in [0.15, 0.2) is 24.3 Å². The van der Waals surface area contributed by atoms with Gasteiger partial charge in [-0.3, -0.25) is 9.59 Å². The Hall–Kier alpha value is -1.88. The summed E-state index contributed by atoms with van der Waals surface area (Å²) in [6.07, 6.45) is 2.01. The molecule has 1 atom stereocenters. The second kappa shape index (κ2) is 7.79. The maximum atomic E-state index is 12.2. The van der Waals surface area contributed by atoms with E-state index in [0.29, 0.717) is 6.54 Å². The number of rotatable bonds is 5. The Labute approximate surface area is 144 Å². The fourth-order valence-corrected chi connectivity index (χ4v) is 2.77. The third-order valence-corrected chi connectivity index (χ3v) is 4.26. The van der Waals surface area contributed by atoms with Crippen molar-refractivity contribution in [3.8, 4) is 0 Å². The molecular weight excluding hydrogens is 304 g/mol. The van der Waals surface area contributed by atoms with Crippen LogP contribution in [0.1, 0.15) is 46.1 Å². The maximum absolute atomic E-state index is 12.2. The Bertz CT molecular complexity index is 569. The van der Waals surface area contributed by atoms with E-state index in [-0.39, 0.29) is 29.9 Å². The molecule has 0 bridgehead atoms. The van der Waals surface area contributed by atoms with E-state index >= 15 is 0 Å². The number of benzene rings is 1. The van der Waals surface area contributed by atoms with Crippen molar-refractivity contribution in [1.82, 2.24) is 4.90 Å². The summed E-state index contributed by atoms with van der Waals surface area (Å²) in [5, 5.41) is 2.86. The van der Waals surface area contributed by atoms with Crippen molar-refractivity contribution in [1.29, 1.82) is 0 Å². The predicted molar refractivity (Wildman–Crippen MR) is 95.0 cm³/mol. The normalized spacial score (nSPS) is 17.6. The monoisotopic (exact) mass is 332 g/mol. The van der Waals surface area contributed by atoms with Gasteiger partial charge in [0.25, 0.3) is 0 Å². The van der Waals surface area contributed by atoms with E-state index in [0.717, 1.165) is 25.1 Å². The molecule has 2 amide bonds. The summed E-state index contributed by atoms with van der Waals surface area (Å²) < 4.78 is 5.55. The van der Waals surface area contributed by atoms with E-state index in [1.807, 2.05) is 24.3 Å². The highest BCUT2D eigenvalue weighted by molar-refractivity contribution is 5.94. The molecule has 0 saturated carbocycles. The van der Waals surface area contributed by atoms with Crippen LogP contribution in [0.3, 0.4) is 0 Å². The van der Waals surface area contributed by atoms with Gasteiger partial charge in [-0.15, -0.1) is 0 Å². The summed E-state index contributed by atoms with van der Waals surface area (Å²) in [6, 6.07) is 7.84. The van der Waals surface area contributed by atoms with Gasteiger partial charge in [0.1, 0.15) is 0 Å². The third-order valence-electron chi connectivity index (χ3n) is 4.26. The topological polar surface area (TPSA) is 58.6 Å². The van der Waals surface area contributed by atoms with Crippen molar-refractivity contribution in [2.75, 3.05) is 25.0 Å². The second-order valence-corrected chi connectivity index (χ2v) is 7.41. The molecule has 24 heavy (non-hydrogen) atoms. The fourth-order valence-electron chi connectivity index (χ4n) is 2.77. The lowest BCUT2D eigenvalue weighted by molar-refractivity contribution is -0.134. The zero-order valence-electron chi connectivity index (χ0n) is 15.1. The van der Waals surface area contributed by atoms with Gasteiger partial charge in [0.05, 0.1) is 12.6 Å². The molecule has 1 N–H and O–H groups in total. The average Bonchev–Trinajstić information content (AvgIpc) is 2.99. The summed E-state index contributed by atoms with van der Waals surface area (Å²) in [5.74, 6) is -0.296. The SMILES string of the molecule is CC(=O)N(CC(=O)Nc1ccc(C(C)(C)C)cc1)CC1CCCO1. The lowest BCUT2D eigenvalue weighted by Crippen LogP contribution is -2.41. The first-order chi connectivity index (χ1) is 11.3. The Morgan fingerprint density at radius 3 is 2.42 bits per heavy atom. The average molecular weight is 332 g/mol. The van der Waals surface area contributed by atoms with Gasteiger partial charge in [-0.2, -0.15) is 0 Å². The molecular formula is C19H28N2O3. The minimum absolute atomic E-state index is 0.0489. The molecule has 5 nitrogen and oxygen atoms in total. The van der Waals surface area contributed by atoms with Crippen LogP contribution in [0.5, 0.6) is 0 Å². The second-order valence-electron chi connectivity index (χ2n) is 7.41. The third kappa shape index (κ3) is 5.34. The van der Waals surface area contributed by atoms with E-state index < -0.39 is 0 Å². The Morgan fingerprint density at radius 2 is 1.92 bits per heavy atom. The number of carbonyl (C=O) groups excluding carboxylic acids is 2. The molecule has 132 valence electrons. The van der Waals surface area contributed by atoms with E-state index in [4.69, 9.17) is 4.74 Å². The van der Waals surface area contributed by atoms with E-state index in [9.17, 15) is 9.59 Å². The van der Waals surface area contributed by atoms with Gasteiger partial charge >= 0.3 is 0 Å². The predicted octanol–water partition coefficient (Wildman–Crippen LogP) is 2.95. The molecule has 1 fully saturated rings. The molecule has 1 saturated heterocycles. The van der Waals surface area contributed by atoms with E-state index in [1.165, 1.54) is 12.5 Å². The summed E-state index contributed by atoms with van der Waals surface area (Å²) in [4.78, 5) is 25.6. The van der Waals surface area contributed by atoms with Crippen LogP contribution in [-0.4, -0.2) is 42.5 Å². The lowest BCUT2D eigenvalue weighted by atomic mass is 9.87. The molecule has 0 aliphatic carbocycles. The number of carbonyl (C=O) groups is 2. The van der Waals surface area contributed by atoms with Crippen LogP contribution in [0, 0.1) is 0 Å². The molecule has 0 radical (unpaired) electrons. The van der Waals surface area contributed by atoms with Gasteiger partial charge in [0.15, 0.2) is 0 Å². The van der Waals surface area contributed by atoms with Crippen molar-refractivity contribution in [2.45, 2.75) is 52.1 Å². The minimum Gasteiger partial charge on any atom is -0.376 e. The first-order valence-corrected chi connectivity index (χ1v) is 8.53. The Morgan fingerprint density at radius 1 is 1.25 bits per heavy atom. The van der Waals surface area contributed by atoms with E-state index in [2.05, 4.69) is 26.1 Å². The number of amides is 2. The lowest BCUT2D eigenvalue weighted by Gasteiger charge is -2.23. The van der Waals surface area contributed by atoms with Crippen LogP contribution in [0.4, 0.5) is 5.69 Å². The molecule has 1 aromatic carbocycles. The number of ether oxygens (including phenoxy) is 1. The highest BCUT2D eigenvalue weighted by atomic mass is 16.5. The van der Waals surface area contributed by atoms with Gasteiger partial charge in [0.2, 0.25) is 11.8 Å². The number of hydrogen-bond acceptors (Lipinski definition) is 3. The number of nitrogens with one attached hydrogen (secondary N) is 1. The minimum atomic E-state index is -0.188. The molecule has 5 heteroatoms. The molecule has 0 spiro atoms. The summed E-state index contributed by atoms with van der Waals surface area (Å²) in [6.45, 7) is 9.20. The molecule has 1 aliphatic rings. The smallest absolute Gasteiger partial charge is 0.243 e. The van der Waals surface area contributed by atoms with Crippen LogP contribution in [0.2, 0.25) is 0 Å². The highest BCUT2D eigenvalue weighted by Crippen LogP contribution is 2.23. The van der Waals surface area contributed by atoms with Gasteiger partial charge in [-0.05, 0) is 36.0 Å². The zero-order valence-corrected chi connectivity index (χ0v) is 15.1. The van der Waals surface area contributed by atoms with Crippen LogP contribution < -0.4 is 5.32 Å². The van der Waals surface area contributed by atoms with Crippen LogP contribution in [0.25, 0.3) is 0 Å². The zero-order chi connectivity index (χ0) is 17.7. The van der Waals surface area contributed by atoms with Crippen LogP contribution >= 0.6 is 0 Å². The van der Waals surface area contributed by atoms with Gasteiger partial charge in [-0.25, -0.2) is 0 Å². The largest absolute Gasteiger partial charge is 0.376 e. The highest BCUT2D eigenvalue weighted by Gasteiger charge is 2.22. The van der Waals surface area contributed by atoms with Crippen molar-refractivity contribution < 1.29 is 14.3 Å². The Kier molecular flexibility index (Phi) is 5.99. The number of anilines is 1. The molecule has 2 rings (SSSR count). The summed E-state index contributed by atoms with van der Waals surface area (Å²) >= 11 is 0. The maximum Gasteiger partial charge on any atom is 0.243 e. The molecule has 1 aromatic rings. The van der Waals surface area contributed by atoms with Crippen molar-refractivity contribution >= 4 is 17.5 Å². The first-order valence-electron chi connectivity index (χ1n) is 8.53. The molecule has 1 heterocycles. The number of nitrogens with zero attached hydrogens (tertiary/aromatic N) is 1. The van der Waals surface area contributed by atoms with Gasteiger partial charge < -0.3 is 15.0 Å². The fraction of sp³-hybridized carbons (Fsp3) is 0.579. The van der Waals surface area contributed by atoms with E-state index in [1.54, 1.807) is 4.90 Å². The van der Waals surface area contributed by atoms with Gasteiger partial charge in [-0.1, -0.05) is 32.9 Å². The summed E-state index contributed by atoms with van der Waals surface area (Å²) in [7, 11) is 0. The molecule has 1 unspecified atom stereocenters. The van der Waals surface area contributed by atoms with Crippen molar-refractivity contribution in [2.24, 2.45) is 0 Å². The first kappa shape index (κ1) is 18.5. The molecule has 1 aliphatic heterocycles. The summed E-state index contributed by atoms with van der Waals surface area (Å²) in [5.41, 5.74) is 2.03. The quantitative estimate of drug-likeness (QED) is 0.902. The van der Waals surface area contributed by atoms with Crippen molar-refractivity contribution in [3.05, 3.63) is 29.8 Å². The Balaban J connectivity index is 1.91.